The molecule has 9 heteroatoms. The molecule has 0 N–H and O–H groups in total. The van der Waals surface area contributed by atoms with Gasteiger partial charge < -0.3 is 14.2 Å². The molecule has 0 radical (unpaired) electrons. The van der Waals surface area contributed by atoms with Gasteiger partial charge in [0.1, 0.15) is 28.7 Å². The molecule has 2 aromatic heterocycles. The first-order valence-corrected chi connectivity index (χ1v) is 11.6. The number of aryl methyl sites for hydroxylation is 1. The molecule has 1 atom stereocenters. The molecule has 5 rings (SSSR count). The van der Waals surface area contributed by atoms with Gasteiger partial charge in [0.25, 0.3) is 5.91 Å². The molecule has 1 saturated heterocycles. The van der Waals surface area contributed by atoms with Gasteiger partial charge >= 0.3 is 0 Å². The Morgan fingerprint density at radius 1 is 1.12 bits per heavy atom. The van der Waals surface area contributed by atoms with Crippen molar-refractivity contribution in [3.8, 4) is 10.4 Å². The fraction of sp³-hybridized carbons (Fsp3) is 0.280. The number of amides is 1. The monoisotopic (exact) mass is 503 g/mol. The zero-order valence-electron chi connectivity index (χ0n) is 18.8. The lowest BCUT2D eigenvalue weighted by Crippen LogP contribution is -2.55. The smallest absolute Gasteiger partial charge is 0.274 e. The van der Waals surface area contributed by atoms with Gasteiger partial charge in [-0.2, -0.15) is 0 Å². The highest BCUT2D eigenvalue weighted by Crippen LogP contribution is 2.32. The lowest BCUT2D eigenvalue weighted by atomic mass is 10.0. The van der Waals surface area contributed by atoms with Crippen molar-refractivity contribution in [1.29, 1.82) is 0 Å². The lowest BCUT2D eigenvalue weighted by Gasteiger charge is -2.39. The van der Waals surface area contributed by atoms with Crippen LogP contribution >= 0.6 is 23.7 Å². The largest absolute Gasteiger partial charge is 0.461 e. The van der Waals surface area contributed by atoms with E-state index in [1.165, 1.54) is 35.6 Å². The van der Waals surface area contributed by atoms with Crippen LogP contribution in [0, 0.1) is 18.6 Å². The van der Waals surface area contributed by atoms with E-state index in [0.29, 0.717) is 41.9 Å². The minimum Gasteiger partial charge on any atom is -0.461 e. The van der Waals surface area contributed by atoms with Gasteiger partial charge in [0.2, 0.25) is 0 Å². The third-order valence-electron chi connectivity index (χ3n) is 5.96. The van der Waals surface area contributed by atoms with Gasteiger partial charge in [0.05, 0.1) is 15.9 Å². The topological polar surface area (TPSA) is 49.6 Å². The third-order valence-corrected chi connectivity index (χ3v) is 6.98. The van der Waals surface area contributed by atoms with Crippen molar-refractivity contribution in [1.82, 2.24) is 14.8 Å². The van der Waals surface area contributed by atoms with Crippen LogP contribution in [0.5, 0.6) is 0 Å². The van der Waals surface area contributed by atoms with Crippen LogP contribution in [0.1, 0.15) is 21.3 Å². The van der Waals surface area contributed by atoms with Crippen molar-refractivity contribution in [2.24, 2.45) is 0 Å². The van der Waals surface area contributed by atoms with Crippen LogP contribution < -0.4 is 0 Å². The van der Waals surface area contributed by atoms with E-state index >= 15 is 0 Å². The number of furan rings is 1. The van der Waals surface area contributed by atoms with Crippen molar-refractivity contribution < 1.29 is 18.0 Å². The number of carbonyl (C=O) groups excluding carboxylic acids is 1. The maximum Gasteiger partial charge on any atom is 0.274 e. The van der Waals surface area contributed by atoms with Crippen molar-refractivity contribution >= 4 is 40.6 Å². The molecule has 4 aromatic rings. The Morgan fingerprint density at radius 2 is 1.85 bits per heavy atom. The van der Waals surface area contributed by atoms with E-state index in [-0.39, 0.29) is 36.0 Å². The summed E-state index contributed by atoms with van der Waals surface area (Å²) in [5.41, 5.74) is 1.79. The predicted molar refractivity (Wildman–Crippen MR) is 132 cm³/mol. The Labute approximate surface area is 206 Å². The van der Waals surface area contributed by atoms with E-state index in [2.05, 4.69) is 9.88 Å². The first-order chi connectivity index (χ1) is 15.9. The minimum atomic E-state index is -0.322. The fourth-order valence-electron chi connectivity index (χ4n) is 4.36. The van der Waals surface area contributed by atoms with Gasteiger partial charge in [0, 0.05) is 31.4 Å². The van der Waals surface area contributed by atoms with Crippen molar-refractivity contribution in [3.63, 3.8) is 0 Å². The quantitative estimate of drug-likeness (QED) is 0.365. The number of aromatic nitrogens is 1. The number of hydrogen-bond donors (Lipinski definition) is 0. The summed E-state index contributed by atoms with van der Waals surface area (Å²) in [5.74, 6) is -0.0603. The van der Waals surface area contributed by atoms with Crippen molar-refractivity contribution in [3.05, 3.63) is 76.6 Å². The SMILES string of the molecule is Cc1nc(C(=O)N2CCN(C)CC2Cc2cc3cc(F)ccc3o2)c(-c2ccc(F)cc2)s1.Cl. The number of nitrogens with zero attached hydrogens (tertiary/aromatic N) is 3. The Kier molecular flexibility index (Phi) is 7.02. The fourth-order valence-corrected chi connectivity index (χ4v) is 5.28. The maximum absolute atomic E-state index is 13.7. The van der Waals surface area contributed by atoms with Crippen LogP contribution in [0.3, 0.4) is 0 Å². The van der Waals surface area contributed by atoms with Crippen molar-refractivity contribution in [2.45, 2.75) is 19.4 Å². The van der Waals surface area contributed by atoms with Crippen LogP contribution in [0.4, 0.5) is 8.78 Å². The van der Waals surface area contributed by atoms with Gasteiger partial charge in [-0.15, -0.1) is 23.7 Å². The summed E-state index contributed by atoms with van der Waals surface area (Å²) in [6.07, 6.45) is 0.515. The number of halogens is 3. The average Bonchev–Trinajstić information content (AvgIpc) is 3.36. The van der Waals surface area contributed by atoms with Gasteiger partial charge in [-0.1, -0.05) is 12.1 Å². The normalized spacial score (nSPS) is 16.6. The van der Waals surface area contributed by atoms with Crippen LogP contribution in [-0.4, -0.2) is 53.4 Å². The van der Waals surface area contributed by atoms with E-state index in [4.69, 9.17) is 4.42 Å². The molecule has 0 saturated carbocycles. The minimum absolute atomic E-state index is 0. The average molecular weight is 504 g/mol. The number of piperazine rings is 1. The van der Waals surface area contributed by atoms with Gasteiger partial charge in [-0.3, -0.25) is 4.79 Å². The molecule has 0 aliphatic carbocycles. The molecule has 1 unspecified atom stereocenters. The summed E-state index contributed by atoms with van der Waals surface area (Å²) < 4.78 is 32.9. The Morgan fingerprint density at radius 3 is 2.62 bits per heavy atom. The molecule has 5 nitrogen and oxygen atoms in total. The molecule has 0 bridgehead atoms. The highest BCUT2D eigenvalue weighted by molar-refractivity contribution is 7.15. The maximum atomic E-state index is 13.7. The second-order valence-electron chi connectivity index (χ2n) is 8.43. The second-order valence-corrected chi connectivity index (χ2v) is 9.63. The van der Waals surface area contributed by atoms with Gasteiger partial charge in [-0.25, -0.2) is 13.8 Å². The molecule has 1 fully saturated rings. The highest BCUT2D eigenvalue weighted by Gasteiger charge is 2.33. The van der Waals surface area contributed by atoms with Crippen molar-refractivity contribution in [2.75, 3.05) is 26.7 Å². The Hall–Kier alpha value is -2.81. The summed E-state index contributed by atoms with van der Waals surface area (Å²) in [4.78, 5) is 23.0. The summed E-state index contributed by atoms with van der Waals surface area (Å²) in [6.45, 7) is 3.87. The molecule has 2 aromatic carbocycles. The molecule has 1 aliphatic rings. The number of rotatable bonds is 4. The standard InChI is InChI=1S/C25H23F2N3O2S.ClH/c1-15-28-23(24(33-15)16-3-5-18(26)6-4-16)25(31)30-10-9-29(2)14-20(30)13-21-12-17-11-19(27)7-8-22(17)32-21;/h3-8,11-12,20H,9-10,13-14H2,1-2H3;1H. The molecule has 178 valence electrons. The molecule has 3 heterocycles. The predicted octanol–water partition coefficient (Wildman–Crippen LogP) is 5.56. The number of fused-ring (bicyclic) bond motifs is 1. The number of benzene rings is 2. The van der Waals surface area contributed by atoms with Crippen LogP contribution in [0.25, 0.3) is 21.4 Å². The van der Waals surface area contributed by atoms with Gasteiger partial charge in [-0.05, 0) is 55.9 Å². The summed E-state index contributed by atoms with van der Waals surface area (Å²) in [5, 5.41) is 1.49. The van der Waals surface area contributed by atoms with Crippen LogP contribution in [-0.2, 0) is 6.42 Å². The molecule has 1 amide bonds. The molecule has 0 spiro atoms. The molecule has 1 aliphatic heterocycles. The number of thiazole rings is 1. The highest BCUT2D eigenvalue weighted by atomic mass is 35.5. The zero-order chi connectivity index (χ0) is 23.1. The number of likely N-dealkylation sites (N-methyl/N-ethyl adjacent to an activating group) is 1. The van der Waals surface area contributed by atoms with E-state index in [1.54, 1.807) is 18.2 Å². The lowest BCUT2D eigenvalue weighted by molar-refractivity contribution is 0.0489. The van der Waals surface area contributed by atoms with E-state index in [1.807, 2.05) is 24.9 Å². The molecular formula is C25H24ClF2N3O2S. The molecular weight excluding hydrogens is 480 g/mol. The van der Waals surface area contributed by atoms with Gasteiger partial charge in [0.15, 0.2) is 0 Å². The Bertz CT molecular complexity index is 1320. The summed E-state index contributed by atoms with van der Waals surface area (Å²) >= 11 is 1.43. The number of carbonyl (C=O) groups is 1. The van der Waals surface area contributed by atoms with E-state index in [0.717, 1.165) is 22.0 Å². The summed E-state index contributed by atoms with van der Waals surface area (Å²) in [6, 6.07) is 12.3. The van der Waals surface area contributed by atoms with Crippen LogP contribution in [0.2, 0.25) is 0 Å². The summed E-state index contributed by atoms with van der Waals surface area (Å²) in [7, 11) is 2.03. The number of hydrogen-bond acceptors (Lipinski definition) is 5. The van der Waals surface area contributed by atoms with E-state index in [9.17, 15) is 13.6 Å². The zero-order valence-corrected chi connectivity index (χ0v) is 20.4. The first-order valence-electron chi connectivity index (χ1n) is 10.8. The molecule has 34 heavy (non-hydrogen) atoms. The Balaban J connectivity index is 0.00000274. The first kappa shape index (κ1) is 24.3. The third kappa shape index (κ3) is 4.85. The second kappa shape index (κ2) is 9.82. The van der Waals surface area contributed by atoms with Crippen LogP contribution in [0.15, 0.2) is 52.9 Å². The van der Waals surface area contributed by atoms with E-state index < -0.39 is 0 Å².